The molecule has 0 unspecified atom stereocenters. The number of halogens is 3. The van der Waals surface area contributed by atoms with E-state index in [-0.39, 0.29) is 17.0 Å². The fourth-order valence-electron chi connectivity index (χ4n) is 4.17. The first-order chi connectivity index (χ1) is 15.5. The molecule has 2 fully saturated rings. The zero-order valence-corrected chi connectivity index (χ0v) is 18.5. The van der Waals surface area contributed by atoms with E-state index < -0.39 is 27.3 Å². The van der Waals surface area contributed by atoms with Crippen LogP contribution in [0.1, 0.15) is 48.4 Å². The van der Waals surface area contributed by atoms with Gasteiger partial charge in [0.1, 0.15) is 11.6 Å². The van der Waals surface area contributed by atoms with E-state index in [9.17, 15) is 26.9 Å². The minimum atomic E-state index is -6.01. The lowest BCUT2D eigenvalue weighted by Crippen LogP contribution is -2.34. The second kappa shape index (κ2) is 8.59. The largest absolute Gasteiger partial charge is 0.534 e. The highest BCUT2D eigenvalue weighted by Crippen LogP contribution is 2.44. The van der Waals surface area contributed by atoms with Crippen LogP contribution in [-0.4, -0.2) is 37.9 Å². The monoisotopic (exact) mass is 482 g/mol. The number of nitrogens with zero attached hydrogens (tertiary/aromatic N) is 2. The number of hydrogen-bond donors (Lipinski definition) is 0. The first-order valence-electron chi connectivity index (χ1n) is 10.3. The lowest BCUT2D eigenvalue weighted by molar-refractivity contribution is -0.178. The van der Waals surface area contributed by atoms with Crippen molar-refractivity contribution in [3.05, 3.63) is 47.2 Å². The van der Waals surface area contributed by atoms with Crippen LogP contribution in [0.25, 0.3) is 11.1 Å². The summed E-state index contributed by atoms with van der Waals surface area (Å²) in [4.78, 5) is 4.08. The van der Waals surface area contributed by atoms with Crippen LogP contribution >= 0.6 is 0 Å². The van der Waals surface area contributed by atoms with E-state index in [4.69, 9.17) is 9.47 Å². The lowest BCUT2D eigenvalue weighted by Gasteiger charge is -2.35. The van der Waals surface area contributed by atoms with Crippen molar-refractivity contribution in [1.29, 1.82) is 5.26 Å². The number of rotatable bonds is 4. The highest BCUT2D eigenvalue weighted by molar-refractivity contribution is 7.87. The smallest absolute Gasteiger partial charge is 0.354 e. The molecule has 2 heterocycles. The summed E-state index contributed by atoms with van der Waals surface area (Å²) in [7, 11) is -6.01. The van der Waals surface area contributed by atoms with Crippen molar-refractivity contribution in [3.8, 4) is 23.1 Å². The highest BCUT2D eigenvalue weighted by atomic mass is 32.2. The first-order valence-corrected chi connectivity index (χ1v) is 11.8. The summed E-state index contributed by atoms with van der Waals surface area (Å²) in [6, 6.07) is 10.3. The molecule has 0 bridgehead atoms. The van der Waals surface area contributed by atoms with Gasteiger partial charge in [-0.3, -0.25) is 0 Å². The van der Waals surface area contributed by atoms with Gasteiger partial charge in [0.15, 0.2) is 5.79 Å². The Morgan fingerprint density at radius 1 is 1.15 bits per heavy atom. The van der Waals surface area contributed by atoms with Crippen molar-refractivity contribution < 1.29 is 35.2 Å². The van der Waals surface area contributed by atoms with Crippen molar-refractivity contribution in [2.24, 2.45) is 0 Å². The van der Waals surface area contributed by atoms with Crippen molar-refractivity contribution in [2.45, 2.75) is 49.8 Å². The molecule has 0 N–H and O–H groups in total. The molecule has 4 rings (SSSR count). The SMILES string of the molecule is Cc1ccc(-c2cc(C3CCC4(CC3)OCCO4)nc(OS(=O)(=O)C(F)(F)F)c2C#N)cc1. The summed E-state index contributed by atoms with van der Waals surface area (Å²) in [5.41, 5.74) is -3.96. The number of benzene rings is 1. The first kappa shape index (κ1) is 23.5. The van der Waals surface area contributed by atoms with Gasteiger partial charge in [-0.1, -0.05) is 29.8 Å². The molecule has 1 saturated carbocycles. The summed E-state index contributed by atoms with van der Waals surface area (Å²) in [5.74, 6) is -1.73. The van der Waals surface area contributed by atoms with Crippen molar-refractivity contribution in [1.82, 2.24) is 4.98 Å². The highest BCUT2D eigenvalue weighted by Gasteiger charge is 2.49. The number of aromatic nitrogens is 1. The Bertz CT molecular complexity index is 1170. The van der Waals surface area contributed by atoms with Crippen LogP contribution in [0.5, 0.6) is 5.88 Å². The Kier molecular flexibility index (Phi) is 6.11. The third kappa shape index (κ3) is 4.69. The van der Waals surface area contributed by atoms with Gasteiger partial charge in [-0.25, -0.2) is 4.98 Å². The number of pyridine rings is 1. The minimum absolute atomic E-state index is 0.198. The lowest BCUT2D eigenvalue weighted by atomic mass is 9.82. The van der Waals surface area contributed by atoms with E-state index in [1.807, 2.05) is 6.92 Å². The van der Waals surface area contributed by atoms with Crippen molar-refractivity contribution in [2.75, 3.05) is 13.2 Å². The summed E-state index contributed by atoms with van der Waals surface area (Å²) in [5, 5.41) is 9.68. The molecule has 11 heteroatoms. The maximum atomic E-state index is 13.0. The molecule has 2 aliphatic rings. The predicted octanol–water partition coefficient (Wildman–Crippen LogP) is 4.56. The minimum Gasteiger partial charge on any atom is -0.354 e. The van der Waals surface area contributed by atoms with Crippen LogP contribution in [0.15, 0.2) is 30.3 Å². The van der Waals surface area contributed by atoms with E-state index in [1.165, 1.54) is 0 Å². The Labute approximate surface area is 189 Å². The molecule has 0 radical (unpaired) electrons. The Morgan fingerprint density at radius 2 is 1.76 bits per heavy atom. The molecule has 1 aliphatic carbocycles. The van der Waals surface area contributed by atoms with E-state index in [1.54, 1.807) is 36.4 Å². The van der Waals surface area contributed by atoms with Crippen LogP contribution in [0.2, 0.25) is 0 Å². The van der Waals surface area contributed by atoms with Gasteiger partial charge >= 0.3 is 15.6 Å². The Balaban J connectivity index is 1.77. The molecule has 0 atom stereocenters. The topological polar surface area (TPSA) is 98.5 Å². The number of nitriles is 1. The Hall–Kier alpha value is -2.68. The third-order valence-electron chi connectivity index (χ3n) is 5.93. The zero-order chi connectivity index (χ0) is 23.9. The molecule has 1 aromatic heterocycles. The quantitative estimate of drug-likeness (QED) is 0.465. The zero-order valence-electron chi connectivity index (χ0n) is 17.7. The predicted molar refractivity (Wildman–Crippen MR) is 111 cm³/mol. The van der Waals surface area contributed by atoms with Crippen LogP contribution in [0.4, 0.5) is 13.2 Å². The van der Waals surface area contributed by atoms with E-state index in [2.05, 4.69) is 9.17 Å². The standard InChI is InChI=1S/C22H21F3N2O5S/c1-14-2-4-15(5-3-14)17-12-19(16-6-8-21(9-7-16)30-10-11-31-21)27-20(18(17)13-26)32-33(28,29)22(23,24)25/h2-5,12,16H,6-11H2,1H3. The molecule has 176 valence electrons. The molecule has 33 heavy (non-hydrogen) atoms. The molecular weight excluding hydrogens is 461 g/mol. The van der Waals surface area contributed by atoms with Gasteiger partial charge in [0, 0.05) is 30.0 Å². The normalized spacial score (nSPS) is 18.9. The van der Waals surface area contributed by atoms with Crippen LogP contribution in [-0.2, 0) is 19.6 Å². The van der Waals surface area contributed by atoms with Crippen LogP contribution in [0, 0.1) is 18.3 Å². The molecule has 0 amide bonds. The Morgan fingerprint density at radius 3 is 2.30 bits per heavy atom. The molecule has 1 saturated heterocycles. The second-order valence-electron chi connectivity index (χ2n) is 8.12. The van der Waals surface area contributed by atoms with Gasteiger partial charge in [-0.05, 0) is 31.4 Å². The third-order valence-corrected chi connectivity index (χ3v) is 6.88. The average molecular weight is 482 g/mol. The number of alkyl halides is 3. The maximum Gasteiger partial charge on any atom is 0.534 e. The molecule has 1 aliphatic heterocycles. The summed E-state index contributed by atoms with van der Waals surface area (Å²) >= 11 is 0. The summed E-state index contributed by atoms with van der Waals surface area (Å²) in [6.07, 6.45) is 2.27. The van der Waals surface area contributed by atoms with Crippen LogP contribution < -0.4 is 4.18 Å². The fraction of sp³-hybridized carbons (Fsp3) is 0.455. The van der Waals surface area contributed by atoms with Gasteiger partial charge in [0.25, 0.3) is 5.88 Å². The van der Waals surface area contributed by atoms with Crippen molar-refractivity contribution >= 4 is 10.1 Å². The molecular formula is C22H21F3N2O5S. The van der Waals surface area contributed by atoms with Crippen molar-refractivity contribution in [3.63, 3.8) is 0 Å². The number of aryl methyl sites for hydroxylation is 1. The summed E-state index contributed by atoms with van der Waals surface area (Å²) < 4.78 is 78.2. The fourth-order valence-corrected chi connectivity index (χ4v) is 4.59. The number of hydrogen-bond acceptors (Lipinski definition) is 7. The second-order valence-corrected chi connectivity index (χ2v) is 9.66. The molecule has 7 nitrogen and oxygen atoms in total. The molecule has 1 aromatic carbocycles. The van der Waals surface area contributed by atoms with E-state index in [0.29, 0.717) is 50.2 Å². The average Bonchev–Trinajstić information content (AvgIpc) is 3.21. The van der Waals surface area contributed by atoms with Crippen LogP contribution in [0.3, 0.4) is 0 Å². The van der Waals surface area contributed by atoms with Gasteiger partial charge in [-0.2, -0.15) is 26.9 Å². The molecule has 1 spiro atoms. The summed E-state index contributed by atoms with van der Waals surface area (Å²) in [6.45, 7) is 2.87. The van der Waals surface area contributed by atoms with Gasteiger partial charge in [-0.15, -0.1) is 0 Å². The van der Waals surface area contributed by atoms with Gasteiger partial charge < -0.3 is 13.7 Å². The van der Waals surface area contributed by atoms with E-state index >= 15 is 0 Å². The maximum absolute atomic E-state index is 13.0. The number of ether oxygens (including phenoxy) is 2. The van der Waals surface area contributed by atoms with E-state index in [0.717, 1.165) is 5.56 Å². The molecule has 2 aromatic rings. The van der Waals surface area contributed by atoms with Gasteiger partial charge in [0.05, 0.1) is 13.2 Å². The van der Waals surface area contributed by atoms with Gasteiger partial charge in [0.2, 0.25) is 0 Å².